The van der Waals surface area contributed by atoms with Gasteiger partial charge in [-0.1, -0.05) is 36.4 Å². The van der Waals surface area contributed by atoms with Crippen LogP contribution in [-0.4, -0.2) is 39.9 Å². The van der Waals surface area contributed by atoms with E-state index in [4.69, 9.17) is 0 Å². The topological polar surface area (TPSA) is 97.3 Å². The van der Waals surface area contributed by atoms with Gasteiger partial charge in [-0.3, -0.25) is 0 Å². The lowest BCUT2D eigenvalue weighted by atomic mass is 10.1. The quantitative estimate of drug-likeness (QED) is 0.577. The van der Waals surface area contributed by atoms with Gasteiger partial charge in [0.1, 0.15) is 5.56 Å². The van der Waals surface area contributed by atoms with E-state index in [-0.39, 0.29) is 10.4 Å². The molecule has 2 heterocycles. The molecule has 4 rings (SSSR count). The summed E-state index contributed by atoms with van der Waals surface area (Å²) >= 11 is 0. The number of aromatic nitrogens is 1. The molecule has 2 aromatic carbocycles. The van der Waals surface area contributed by atoms with Crippen molar-refractivity contribution in [1.29, 1.82) is 0 Å². The Labute approximate surface area is 183 Å². The Balaban J connectivity index is 2.06. The van der Waals surface area contributed by atoms with E-state index in [0.29, 0.717) is 29.9 Å². The van der Waals surface area contributed by atoms with E-state index in [2.05, 4.69) is 10.0 Å². The Morgan fingerprint density at radius 2 is 1.50 bits per heavy atom. The molecular weight excluding hydrogens is 467 g/mol. The summed E-state index contributed by atoms with van der Waals surface area (Å²) in [6.45, 7) is 0.981. The third kappa shape index (κ3) is 4.03. The molecule has 32 heavy (non-hydrogen) atoms. The molecule has 172 valence electrons. The van der Waals surface area contributed by atoms with Gasteiger partial charge in [-0.15, -0.1) is 0 Å². The second kappa shape index (κ2) is 8.18. The van der Waals surface area contributed by atoms with Gasteiger partial charge in [0.2, 0.25) is 0 Å². The van der Waals surface area contributed by atoms with Crippen molar-refractivity contribution < 1.29 is 30.0 Å². The normalized spacial score (nSPS) is 16.5. The number of nitrogens with one attached hydrogen (secondary N) is 2. The molecule has 1 saturated heterocycles. The van der Waals surface area contributed by atoms with Gasteiger partial charge in [0, 0.05) is 11.4 Å². The molecule has 0 radical (unpaired) electrons. The minimum Gasteiger partial charge on any atom is -0.317 e. The molecule has 1 aliphatic rings. The number of fused-ring (bicyclic) bond motifs is 1. The first-order valence-corrected chi connectivity index (χ1v) is 12.7. The third-order valence-electron chi connectivity index (χ3n) is 5.27. The SMILES string of the molecule is O=S(=O)(NC1CCNCC1)c1c(C(F)(F)F)c2ccccc2n1S(=O)(=O)c1ccccc1. The van der Waals surface area contributed by atoms with Crippen LogP contribution < -0.4 is 10.0 Å². The average Bonchev–Trinajstić information content (AvgIpc) is 3.12. The molecule has 0 bridgehead atoms. The van der Waals surface area contributed by atoms with E-state index in [1.54, 1.807) is 6.07 Å². The number of para-hydroxylation sites is 1. The van der Waals surface area contributed by atoms with Gasteiger partial charge in [-0.05, 0) is 44.1 Å². The van der Waals surface area contributed by atoms with Crippen LogP contribution in [-0.2, 0) is 26.2 Å². The van der Waals surface area contributed by atoms with Gasteiger partial charge < -0.3 is 5.32 Å². The predicted octanol–water partition coefficient (Wildman–Crippen LogP) is 2.93. The van der Waals surface area contributed by atoms with E-state index >= 15 is 0 Å². The molecule has 7 nitrogen and oxygen atoms in total. The molecular formula is C20H20F3N3O4S2. The number of hydrogen-bond donors (Lipinski definition) is 2. The van der Waals surface area contributed by atoms with Crippen molar-refractivity contribution >= 4 is 30.9 Å². The Morgan fingerprint density at radius 3 is 2.12 bits per heavy atom. The standard InChI is InChI=1S/C20H20F3N3O4S2/c21-20(22,23)18-16-8-4-5-9-17(16)26(32(29,30)15-6-2-1-3-7-15)19(18)31(27,28)25-14-10-12-24-13-11-14/h1-9,14,24-25H,10-13H2. The minimum atomic E-state index is -5.12. The van der Waals surface area contributed by atoms with Crippen molar-refractivity contribution in [3.8, 4) is 0 Å². The number of rotatable bonds is 5. The van der Waals surface area contributed by atoms with Crippen molar-refractivity contribution in [3.05, 3.63) is 60.2 Å². The van der Waals surface area contributed by atoms with Gasteiger partial charge in [-0.25, -0.2) is 25.5 Å². The molecule has 1 aromatic heterocycles. The Morgan fingerprint density at radius 1 is 0.906 bits per heavy atom. The van der Waals surface area contributed by atoms with Crippen LogP contribution in [0.1, 0.15) is 18.4 Å². The average molecular weight is 488 g/mol. The molecule has 1 fully saturated rings. The van der Waals surface area contributed by atoms with Crippen LogP contribution in [0.2, 0.25) is 0 Å². The minimum absolute atomic E-state index is 0.296. The molecule has 1 aliphatic heterocycles. The Hall–Kier alpha value is -2.41. The lowest BCUT2D eigenvalue weighted by Gasteiger charge is -2.24. The maximum atomic E-state index is 14.2. The summed E-state index contributed by atoms with van der Waals surface area (Å²) in [5.41, 5.74) is -1.87. The first kappa shape index (κ1) is 22.8. The summed E-state index contributed by atoms with van der Waals surface area (Å²) in [6, 6.07) is 11.0. The van der Waals surface area contributed by atoms with E-state index in [0.717, 1.165) is 12.1 Å². The van der Waals surface area contributed by atoms with Crippen molar-refractivity contribution in [3.63, 3.8) is 0 Å². The van der Waals surface area contributed by atoms with Crippen LogP contribution in [0.25, 0.3) is 10.9 Å². The zero-order valence-electron chi connectivity index (χ0n) is 16.6. The molecule has 0 spiro atoms. The van der Waals surface area contributed by atoms with Crippen LogP contribution in [0.4, 0.5) is 13.2 Å². The first-order chi connectivity index (χ1) is 15.0. The highest BCUT2D eigenvalue weighted by molar-refractivity contribution is 7.92. The fraction of sp³-hybridized carbons (Fsp3) is 0.300. The van der Waals surface area contributed by atoms with Crippen molar-refractivity contribution in [2.45, 2.75) is 35.0 Å². The molecule has 0 unspecified atom stereocenters. The maximum absolute atomic E-state index is 14.2. The molecule has 12 heteroatoms. The summed E-state index contributed by atoms with van der Waals surface area (Å²) in [5, 5.41) is 1.20. The zero-order valence-corrected chi connectivity index (χ0v) is 18.3. The zero-order chi connectivity index (χ0) is 23.1. The van der Waals surface area contributed by atoms with Gasteiger partial charge in [-0.2, -0.15) is 13.2 Å². The number of benzene rings is 2. The first-order valence-electron chi connectivity index (χ1n) is 9.78. The molecule has 0 atom stereocenters. The fourth-order valence-electron chi connectivity index (χ4n) is 3.86. The van der Waals surface area contributed by atoms with E-state index < -0.39 is 48.2 Å². The summed E-state index contributed by atoms with van der Waals surface area (Å²) in [6.07, 6.45) is -4.38. The predicted molar refractivity (Wildman–Crippen MR) is 112 cm³/mol. The smallest absolute Gasteiger partial charge is 0.317 e. The van der Waals surface area contributed by atoms with Crippen LogP contribution >= 0.6 is 0 Å². The summed E-state index contributed by atoms with van der Waals surface area (Å²) in [5.74, 6) is 0. The van der Waals surface area contributed by atoms with Gasteiger partial charge in [0.15, 0.2) is 5.03 Å². The fourth-order valence-corrected chi connectivity index (χ4v) is 7.48. The van der Waals surface area contributed by atoms with E-state index in [1.165, 1.54) is 36.4 Å². The van der Waals surface area contributed by atoms with Crippen LogP contribution in [0.15, 0.2) is 64.5 Å². The highest BCUT2D eigenvalue weighted by Crippen LogP contribution is 2.43. The Bertz CT molecular complexity index is 1350. The number of hydrogen-bond acceptors (Lipinski definition) is 5. The van der Waals surface area contributed by atoms with Gasteiger partial charge >= 0.3 is 6.18 Å². The molecule has 0 amide bonds. The van der Waals surface area contributed by atoms with E-state index in [9.17, 15) is 30.0 Å². The molecule has 0 saturated carbocycles. The monoisotopic (exact) mass is 487 g/mol. The second-order valence-electron chi connectivity index (χ2n) is 7.42. The van der Waals surface area contributed by atoms with Crippen LogP contribution in [0.3, 0.4) is 0 Å². The number of sulfonamides is 1. The number of alkyl halides is 3. The van der Waals surface area contributed by atoms with Crippen molar-refractivity contribution in [2.24, 2.45) is 0 Å². The highest BCUT2D eigenvalue weighted by atomic mass is 32.2. The molecule has 2 N–H and O–H groups in total. The molecule has 0 aliphatic carbocycles. The van der Waals surface area contributed by atoms with Crippen molar-refractivity contribution in [1.82, 2.24) is 14.0 Å². The van der Waals surface area contributed by atoms with Crippen LogP contribution in [0, 0.1) is 0 Å². The number of piperidine rings is 1. The largest absolute Gasteiger partial charge is 0.419 e. The lowest BCUT2D eigenvalue weighted by Crippen LogP contribution is -2.43. The van der Waals surface area contributed by atoms with Gasteiger partial charge in [0.05, 0.1) is 10.4 Å². The maximum Gasteiger partial charge on any atom is 0.419 e. The highest BCUT2D eigenvalue weighted by Gasteiger charge is 2.45. The van der Waals surface area contributed by atoms with E-state index in [1.807, 2.05) is 0 Å². The Kier molecular flexibility index (Phi) is 5.82. The number of nitrogens with zero attached hydrogens (tertiary/aromatic N) is 1. The summed E-state index contributed by atoms with van der Waals surface area (Å²) in [7, 11) is -9.55. The second-order valence-corrected chi connectivity index (χ2v) is 10.8. The summed E-state index contributed by atoms with van der Waals surface area (Å²) < 4.78 is 98.7. The number of halogens is 3. The van der Waals surface area contributed by atoms with Crippen molar-refractivity contribution in [2.75, 3.05) is 13.1 Å². The third-order valence-corrected chi connectivity index (χ3v) is 8.65. The lowest BCUT2D eigenvalue weighted by molar-refractivity contribution is -0.138. The molecule has 3 aromatic rings. The van der Waals surface area contributed by atoms with Crippen LogP contribution in [0.5, 0.6) is 0 Å². The van der Waals surface area contributed by atoms with Gasteiger partial charge in [0.25, 0.3) is 20.0 Å². The summed E-state index contributed by atoms with van der Waals surface area (Å²) in [4.78, 5) is -0.326.